The Kier molecular flexibility index (Phi) is 5.82. The Bertz CT molecular complexity index is 774. The van der Waals surface area contributed by atoms with E-state index in [1.807, 2.05) is 0 Å². The molecule has 0 aliphatic rings. The van der Waals surface area contributed by atoms with Crippen LogP contribution in [0.15, 0.2) is 53.4 Å². The summed E-state index contributed by atoms with van der Waals surface area (Å²) < 4.78 is 38.3. The van der Waals surface area contributed by atoms with Gasteiger partial charge < -0.3 is 0 Å². The van der Waals surface area contributed by atoms with Crippen LogP contribution in [-0.2, 0) is 10.0 Å². The SMILES string of the molecule is O=S(=O)(NC(c1ccc(F)cc1)C(Cl)(Cl)Cl)c1ccc(Cl)cc1. The Morgan fingerprint density at radius 3 is 1.96 bits per heavy atom. The third-order valence-electron chi connectivity index (χ3n) is 2.93. The molecule has 9 heteroatoms. The molecule has 0 fully saturated rings. The molecule has 0 spiro atoms. The van der Waals surface area contributed by atoms with Crippen molar-refractivity contribution in [2.24, 2.45) is 0 Å². The normalized spacial score (nSPS) is 13.8. The summed E-state index contributed by atoms with van der Waals surface area (Å²) in [5.41, 5.74) is 0.309. The minimum Gasteiger partial charge on any atom is -0.207 e. The zero-order chi connectivity index (χ0) is 17.3. The fourth-order valence-corrected chi connectivity index (χ4v) is 3.93. The molecule has 0 aliphatic carbocycles. The van der Waals surface area contributed by atoms with E-state index < -0.39 is 25.7 Å². The summed E-state index contributed by atoms with van der Waals surface area (Å²) in [5, 5.41) is 0.389. The van der Waals surface area contributed by atoms with Gasteiger partial charge in [0.1, 0.15) is 5.82 Å². The molecular formula is C14H10Cl4FNO2S. The van der Waals surface area contributed by atoms with E-state index in [1.54, 1.807) is 0 Å². The molecule has 2 aromatic carbocycles. The van der Waals surface area contributed by atoms with Crippen LogP contribution in [0.4, 0.5) is 4.39 Å². The maximum absolute atomic E-state index is 13.0. The lowest BCUT2D eigenvalue weighted by molar-refractivity contribution is 0.557. The molecule has 3 nitrogen and oxygen atoms in total. The van der Waals surface area contributed by atoms with Crippen LogP contribution < -0.4 is 4.72 Å². The minimum atomic E-state index is -3.97. The maximum atomic E-state index is 13.0. The fraction of sp³-hybridized carbons (Fsp3) is 0.143. The van der Waals surface area contributed by atoms with Crippen molar-refractivity contribution in [1.29, 1.82) is 0 Å². The molecule has 0 saturated carbocycles. The van der Waals surface area contributed by atoms with Crippen molar-refractivity contribution in [3.8, 4) is 0 Å². The number of rotatable bonds is 4. The molecule has 124 valence electrons. The van der Waals surface area contributed by atoms with Crippen molar-refractivity contribution < 1.29 is 12.8 Å². The summed E-state index contributed by atoms with van der Waals surface area (Å²) in [6.07, 6.45) is 0. The van der Waals surface area contributed by atoms with Gasteiger partial charge in [-0.2, -0.15) is 4.72 Å². The Labute approximate surface area is 153 Å². The highest BCUT2D eigenvalue weighted by molar-refractivity contribution is 7.89. The Morgan fingerprint density at radius 2 is 1.48 bits per heavy atom. The molecule has 2 rings (SSSR count). The number of benzene rings is 2. The summed E-state index contributed by atoms with van der Waals surface area (Å²) in [5.74, 6) is -0.489. The third kappa shape index (κ3) is 4.95. The van der Waals surface area contributed by atoms with Crippen LogP contribution in [0, 0.1) is 5.82 Å². The molecule has 0 radical (unpaired) electrons. The van der Waals surface area contributed by atoms with Gasteiger partial charge in [-0.25, -0.2) is 12.8 Å². The highest BCUT2D eigenvalue weighted by Gasteiger charge is 2.37. The van der Waals surface area contributed by atoms with Gasteiger partial charge in [-0.1, -0.05) is 58.5 Å². The Balaban J connectivity index is 2.38. The highest BCUT2D eigenvalue weighted by Crippen LogP contribution is 2.40. The number of nitrogens with one attached hydrogen (secondary N) is 1. The van der Waals surface area contributed by atoms with Crippen LogP contribution in [0.2, 0.25) is 5.02 Å². The lowest BCUT2D eigenvalue weighted by atomic mass is 10.1. The minimum absolute atomic E-state index is 0.0386. The van der Waals surface area contributed by atoms with Crippen molar-refractivity contribution in [2.75, 3.05) is 0 Å². The molecule has 1 unspecified atom stereocenters. The zero-order valence-corrected chi connectivity index (χ0v) is 15.2. The van der Waals surface area contributed by atoms with E-state index in [0.29, 0.717) is 10.6 Å². The van der Waals surface area contributed by atoms with Crippen LogP contribution in [0.25, 0.3) is 0 Å². The molecule has 2 aromatic rings. The largest absolute Gasteiger partial charge is 0.241 e. The van der Waals surface area contributed by atoms with Crippen LogP contribution in [0.3, 0.4) is 0 Å². The average Bonchev–Trinajstić information content (AvgIpc) is 2.45. The van der Waals surface area contributed by atoms with Crippen molar-refractivity contribution in [1.82, 2.24) is 4.72 Å². The topological polar surface area (TPSA) is 46.2 Å². The quantitative estimate of drug-likeness (QED) is 0.722. The van der Waals surface area contributed by atoms with Gasteiger partial charge >= 0.3 is 0 Å². The zero-order valence-electron chi connectivity index (χ0n) is 11.3. The van der Waals surface area contributed by atoms with Crippen LogP contribution >= 0.6 is 46.4 Å². The molecule has 1 N–H and O–H groups in total. The van der Waals surface area contributed by atoms with Gasteiger partial charge in [0.2, 0.25) is 13.8 Å². The summed E-state index contributed by atoms with van der Waals surface area (Å²) in [7, 11) is -3.97. The molecule has 0 bridgehead atoms. The average molecular weight is 417 g/mol. The first kappa shape index (κ1) is 18.8. The first-order valence-corrected chi connectivity index (χ1v) is 9.19. The number of hydrogen-bond acceptors (Lipinski definition) is 2. The van der Waals surface area contributed by atoms with Gasteiger partial charge in [0.25, 0.3) is 0 Å². The van der Waals surface area contributed by atoms with E-state index in [0.717, 1.165) is 12.1 Å². The van der Waals surface area contributed by atoms with E-state index >= 15 is 0 Å². The highest BCUT2D eigenvalue weighted by atomic mass is 35.6. The van der Waals surface area contributed by atoms with Crippen molar-refractivity contribution in [2.45, 2.75) is 14.7 Å². The van der Waals surface area contributed by atoms with Crippen molar-refractivity contribution >= 4 is 56.4 Å². The monoisotopic (exact) mass is 415 g/mol. The third-order valence-corrected chi connectivity index (χ3v) is 5.27. The summed E-state index contributed by atoms with van der Waals surface area (Å²) in [6, 6.07) is 9.28. The molecular weight excluding hydrogens is 407 g/mol. The molecule has 0 heterocycles. The summed E-state index contributed by atoms with van der Waals surface area (Å²) >= 11 is 23.4. The lowest BCUT2D eigenvalue weighted by Crippen LogP contribution is -2.36. The van der Waals surface area contributed by atoms with E-state index in [9.17, 15) is 12.8 Å². The van der Waals surface area contributed by atoms with Crippen molar-refractivity contribution in [3.63, 3.8) is 0 Å². The molecule has 23 heavy (non-hydrogen) atoms. The van der Waals surface area contributed by atoms with E-state index in [2.05, 4.69) is 4.72 Å². The standard InChI is InChI=1S/C14H10Cl4FNO2S/c15-10-3-7-12(8-4-10)23(21,22)20-13(14(16,17)18)9-1-5-11(19)6-2-9/h1-8,13,20H. The first-order chi connectivity index (χ1) is 10.6. The molecule has 0 aromatic heterocycles. The van der Waals surface area contributed by atoms with Gasteiger partial charge in [-0.15, -0.1) is 0 Å². The Morgan fingerprint density at radius 1 is 0.957 bits per heavy atom. The van der Waals surface area contributed by atoms with Gasteiger partial charge in [-0.05, 0) is 42.0 Å². The van der Waals surface area contributed by atoms with E-state index in [1.165, 1.54) is 36.4 Å². The smallest absolute Gasteiger partial charge is 0.207 e. The number of halogens is 5. The van der Waals surface area contributed by atoms with Crippen LogP contribution in [-0.4, -0.2) is 12.2 Å². The fourth-order valence-electron chi connectivity index (χ4n) is 1.82. The van der Waals surface area contributed by atoms with Gasteiger partial charge in [0, 0.05) is 5.02 Å². The second-order valence-corrected chi connectivity index (χ2v) is 9.12. The van der Waals surface area contributed by atoms with Gasteiger partial charge in [0.15, 0.2) is 0 Å². The predicted molar refractivity (Wildman–Crippen MR) is 91.2 cm³/mol. The molecule has 1 atom stereocenters. The van der Waals surface area contributed by atoms with Crippen LogP contribution in [0.5, 0.6) is 0 Å². The number of alkyl halides is 3. The maximum Gasteiger partial charge on any atom is 0.241 e. The predicted octanol–water partition coefficient (Wildman–Crippen LogP) is 4.87. The number of hydrogen-bond donors (Lipinski definition) is 1. The van der Waals surface area contributed by atoms with E-state index in [4.69, 9.17) is 46.4 Å². The van der Waals surface area contributed by atoms with Crippen LogP contribution in [0.1, 0.15) is 11.6 Å². The molecule has 0 amide bonds. The van der Waals surface area contributed by atoms with Gasteiger partial charge in [-0.3, -0.25) is 0 Å². The second-order valence-electron chi connectivity index (χ2n) is 4.60. The summed E-state index contributed by atoms with van der Waals surface area (Å²) in [6.45, 7) is 0. The summed E-state index contributed by atoms with van der Waals surface area (Å²) in [4.78, 5) is -0.0386. The van der Waals surface area contributed by atoms with Crippen molar-refractivity contribution in [3.05, 3.63) is 64.9 Å². The van der Waals surface area contributed by atoms with E-state index in [-0.39, 0.29) is 4.90 Å². The first-order valence-electron chi connectivity index (χ1n) is 6.20. The number of sulfonamides is 1. The second kappa shape index (κ2) is 7.13. The Hall–Kier alpha value is -0.560. The van der Waals surface area contributed by atoms with Gasteiger partial charge in [0.05, 0.1) is 10.9 Å². The lowest BCUT2D eigenvalue weighted by Gasteiger charge is -2.25. The molecule has 0 saturated heterocycles. The molecule has 0 aliphatic heterocycles.